The number of piperidine rings is 1. The minimum atomic E-state index is -0.0486. The number of ether oxygens (including phenoxy) is 1. The van der Waals surface area contributed by atoms with E-state index in [0.717, 1.165) is 13.1 Å². The van der Waals surface area contributed by atoms with Gasteiger partial charge in [0.05, 0.1) is 13.2 Å². The van der Waals surface area contributed by atoms with Gasteiger partial charge in [0, 0.05) is 17.0 Å². The quantitative estimate of drug-likeness (QED) is 0.868. The highest BCUT2D eigenvalue weighted by atomic mass is 32.1. The molecule has 3 rings (SSSR count). The molecule has 0 saturated carbocycles. The molecule has 1 unspecified atom stereocenters. The lowest BCUT2D eigenvalue weighted by atomic mass is 10.1. The van der Waals surface area contributed by atoms with Crippen molar-refractivity contribution in [2.75, 3.05) is 26.7 Å². The second kappa shape index (κ2) is 8.31. The first-order valence-corrected chi connectivity index (χ1v) is 9.35. The number of rotatable bonds is 6. The average Bonchev–Trinajstić information content (AvgIpc) is 3.17. The average molecular weight is 344 g/mol. The summed E-state index contributed by atoms with van der Waals surface area (Å²) in [7, 11) is 1.61. The molecule has 2 heterocycles. The number of likely N-dealkylation sites (tertiary alicyclic amines) is 1. The number of benzene rings is 1. The third-order valence-corrected chi connectivity index (χ3v) is 5.46. The Morgan fingerprint density at radius 2 is 2.08 bits per heavy atom. The molecule has 1 aromatic carbocycles. The summed E-state index contributed by atoms with van der Waals surface area (Å²) in [4.78, 5) is 16.3. The van der Waals surface area contributed by atoms with E-state index >= 15 is 0 Å². The van der Waals surface area contributed by atoms with Crippen LogP contribution in [0.25, 0.3) is 0 Å². The maximum atomic E-state index is 12.5. The zero-order chi connectivity index (χ0) is 16.8. The van der Waals surface area contributed by atoms with E-state index in [-0.39, 0.29) is 11.9 Å². The molecule has 1 aliphatic rings. The molecule has 2 aromatic rings. The fourth-order valence-electron chi connectivity index (χ4n) is 3.18. The smallest absolute Gasteiger partial charge is 0.251 e. The summed E-state index contributed by atoms with van der Waals surface area (Å²) < 4.78 is 5.20. The summed E-state index contributed by atoms with van der Waals surface area (Å²) in [5.41, 5.74) is 0.637. The molecule has 0 spiro atoms. The highest BCUT2D eigenvalue weighted by Crippen LogP contribution is 2.27. The van der Waals surface area contributed by atoms with Crippen LogP contribution >= 0.6 is 11.3 Å². The van der Waals surface area contributed by atoms with Crippen LogP contribution in [0.5, 0.6) is 5.75 Å². The van der Waals surface area contributed by atoms with Gasteiger partial charge >= 0.3 is 0 Å². The second-order valence-electron chi connectivity index (χ2n) is 6.07. The predicted molar refractivity (Wildman–Crippen MR) is 97.8 cm³/mol. The SMILES string of the molecule is COc1cccc(C(=O)NCC(c2cccs2)N2CCCCC2)c1. The van der Waals surface area contributed by atoms with Crippen LogP contribution in [0, 0.1) is 0 Å². The highest BCUT2D eigenvalue weighted by Gasteiger charge is 2.23. The Morgan fingerprint density at radius 3 is 2.79 bits per heavy atom. The van der Waals surface area contributed by atoms with E-state index in [1.165, 1.54) is 24.1 Å². The van der Waals surface area contributed by atoms with Crippen molar-refractivity contribution in [3.63, 3.8) is 0 Å². The van der Waals surface area contributed by atoms with Gasteiger partial charge in [-0.15, -0.1) is 11.3 Å². The monoisotopic (exact) mass is 344 g/mol. The van der Waals surface area contributed by atoms with Crippen molar-refractivity contribution in [2.45, 2.75) is 25.3 Å². The summed E-state index contributed by atoms with van der Waals surface area (Å²) in [6, 6.07) is 11.8. The molecule has 4 nitrogen and oxygen atoms in total. The second-order valence-corrected chi connectivity index (χ2v) is 7.05. The zero-order valence-electron chi connectivity index (χ0n) is 14.0. The van der Waals surface area contributed by atoms with Gasteiger partial charge in [0.25, 0.3) is 5.91 Å². The van der Waals surface area contributed by atoms with E-state index in [0.29, 0.717) is 17.9 Å². The lowest BCUT2D eigenvalue weighted by Gasteiger charge is -2.34. The Kier molecular flexibility index (Phi) is 5.88. The fraction of sp³-hybridized carbons (Fsp3) is 0.421. The Morgan fingerprint density at radius 1 is 1.25 bits per heavy atom. The lowest BCUT2D eigenvalue weighted by molar-refractivity contribution is 0.0925. The summed E-state index contributed by atoms with van der Waals surface area (Å²) in [6.07, 6.45) is 3.79. The van der Waals surface area contributed by atoms with Crippen LogP contribution in [0.4, 0.5) is 0 Å². The number of methoxy groups -OCH3 is 1. The molecule has 1 aromatic heterocycles. The molecule has 1 aliphatic heterocycles. The summed E-state index contributed by atoms with van der Waals surface area (Å²) >= 11 is 1.77. The van der Waals surface area contributed by atoms with Crippen LogP contribution in [0.3, 0.4) is 0 Å². The van der Waals surface area contributed by atoms with Gasteiger partial charge in [0.15, 0.2) is 0 Å². The number of hydrogen-bond acceptors (Lipinski definition) is 4. The van der Waals surface area contributed by atoms with E-state index < -0.39 is 0 Å². The number of nitrogens with zero attached hydrogens (tertiary/aromatic N) is 1. The third kappa shape index (κ3) is 4.16. The predicted octanol–water partition coefficient (Wildman–Crippen LogP) is 3.71. The first-order chi connectivity index (χ1) is 11.8. The van der Waals surface area contributed by atoms with Crippen LogP contribution in [-0.4, -0.2) is 37.6 Å². The Labute approximate surface area is 147 Å². The Balaban J connectivity index is 1.67. The van der Waals surface area contributed by atoms with Crippen molar-refractivity contribution in [3.8, 4) is 5.75 Å². The first-order valence-electron chi connectivity index (χ1n) is 8.47. The molecule has 128 valence electrons. The third-order valence-electron chi connectivity index (χ3n) is 4.49. The highest BCUT2D eigenvalue weighted by molar-refractivity contribution is 7.10. The molecule has 5 heteroatoms. The standard InChI is InChI=1S/C19H24N2O2S/c1-23-16-8-5-7-15(13-16)19(22)20-14-17(18-9-6-12-24-18)21-10-3-2-4-11-21/h5-9,12-13,17H,2-4,10-11,14H2,1H3,(H,20,22). The van der Waals surface area contributed by atoms with Crippen molar-refractivity contribution < 1.29 is 9.53 Å². The Bertz CT molecular complexity index is 651. The van der Waals surface area contributed by atoms with E-state index in [2.05, 4.69) is 27.7 Å². The fourth-order valence-corrected chi connectivity index (χ4v) is 4.04. The topological polar surface area (TPSA) is 41.6 Å². The number of amides is 1. The molecule has 0 radical (unpaired) electrons. The van der Waals surface area contributed by atoms with E-state index in [1.807, 2.05) is 18.2 Å². The molecule has 0 aliphatic carbocycles. The van der Waals surface area contributed by atoms with Crippen molar-refractivity contribution in [1.82, 2.24) is 10.2 Å². The van der Waals surface area contributed by atoms with Gasteiger partial charge in [-0.2, -0.15) is 0 Å². The van der Waals surface area contributed by atoms with Gasteiger partial charge in [0.1, 0.15) is 5.75 Å². The molecule has 1 fully saturated rings. The van der Waals surface area contributed by atoms with Crippen molar-refractivity contribution in [1.29, 1.82) is 0 Å². The number of thiophene rings is 1. The van der Waals surface area contributed by atoms with Crippen LogP contribution in [0.1, 0.15) is 40.5 Å². The van der Waals surface area contributed by atoms with Crippen molar-refractivity contribution >= 4 is 17.2 Å². The number of carbonyl (C=O) groups excluding carboxylic acids is 1. The van der Waals surface area contributed by atoms with Crippen LogP contribution in [-0.2, 0) is 0 Å². The van der Waals surface area contributed by atoms with Crippen LogP contribution in [0.15, 0.2) is 41.8 Å². The molecular formula is C19H24N2O2S. The minimum absolute atomic E-state index is 0.0486. The summed E-state index contributed by atoms with van der Waals surface area (Å²) in [6.45, 7) is 2.85. The normalized spacial score (nSPS) is 16.5. The minimum Gasteiger partial charge on any atom is -0.497 e. The van der Waals surface area contributed by atoms with Gasteiger partial charge in [-0.3, -0.25) is 9.69 Å². The van der Waals surface area contributed by atoms with Crippen molar-refractivity contribution in [3.05, 3.63) is 52.2 Å². The molecule has 1 atom stereocenters. The molecule has 1 amide bonds. The van der Waals surface area contributed by atoms with Gasteiger partial charge in [-0.05, 0) is 55.6 Å². The zero-order valence-corrected chi connectivity index (χ0v) is 14.8. The van der Waals surface area contributed by atoms with Crippen molar-refractivity contribution in [2.24, 2.45) is 0 Å². The molecule has 1 saturated heterocycles. The maximum absolute atomic E-state index is 12.5. The summed E-state index contributed by atoms with van der Waals surface area (Å²) in [5.74, 6) is 0.654. The maximum Gasteiger partial charge on any atom is 0.251 e. The van der Waals surface area contributed by atoms with Gasteiger partial charge in [0.2, 0.25) is 0 Å². The van der Waals surface area contributed by atoms with E-state index in [9.17, 15) is 4.79 Å². The van der Waals surface area contributed by atoms with Gasteiger partial charge in [-0.25, -0.2) is 0 Å². The molecular weight excluding hydrogens is 320 g/mol. The van der Waals surface area contributed by atoms with E-state index in [4.69, 9.17) is 4.74 Å². The van der Waals surface area contributed by atoms with Crippen LogP contribution < -0.4 is 10.1 Å². The lowest BCUT2D eigenvalue weighted by Crippen LogP contribution is -2.40. The number of hydrogen-bond donors (Lipinski definition) is 1. The molecule has 1 N–H and O–H groups in total. The molecule has 0 bridgehead atoms. The largest absolute Gasteiger partial charge is 0.497 e. The van der Waals surface area contributed by atoms with Gasteiger partial charge in [-0.1, -0.05) is 18.6 Å². The van der Waals surface area contributed by atoms with Crippen LogP contribution in [0.2, 0.25) is 0 Å². The Hall–Kier alpha value is -1.85. The summed E-state index contributed by atoms with van der Waals surface area (Å²) in [5, 5.41) is 5.21. The number of carbonyl (C=O) groups is 1. The van der Waals surface area contributed by atoms with E-state index in [1.54, 1.807) is 24.5 Å². The number of nitrogens with one attached hydrogen (secondary N) is 1. The van der Waals surface area contributed by atoms with Gasteiger partial charge < -0.3 is 10.1 Å². The first kappa shape index (κ1) is 17.0. The molecule has 24 heavy (non-hydrogen) atoms.